The van der Waals surface area contributed by atoms with E-state index in [2.05, 4.69) is 5.32 Å². The summed E-state index contributed by atoms with van der Waals surface area (Å²) in [5.41, 5.74) is 3.01. The number of nitrogens with one attached hydrogen (secondary N) is 1. The lowest BCUT2D eigenvalue weighted by Crippen LogP contribution is -2.36. The number of hydrogen-bond acceptors (Lipinski definition) is 3. The van der Waals surface area contributed by atoms with E-state index in [0.29, 0.717) is 5.92 Å². The molecule has 1 saturated heterocycles. The molecule has 0 unspecified atom stereocenters. The Kier molecular flexibility index (Phi) is 2.65. The SMILES string of the molecule is Cc1ccc(C)c(NC(=O)[C@@H]2[C@@H]3C[C@H]4[C@@H]2C(=O)O[C@@H]4C3)c1. The van der Waals surface area contributed by atoms with Crippen molar-refractivity contribution in [2.45, 2.75) is 32.8 Å². The third-order valence-electron chi connectivity index (χ3n) is 5.44. The fraction of sp³-hybridized carbons (Fsp3) is 0.529. The first-order chi connectivity index (χ1) is 10.0. The molecule has 5 atom stereocenters. The van der Waals surface area contributed by atoms with Gasteiger partial charge in [0.15, 0.2) is 0 Å². The maximum atomic E-state index is 12.7. The first-order valence-corrected chi connectivity index (χ1v) is 7.63. The summed E-state index contributed by atoms with van der Waals surface area (Å²) >= 11 is 0. The predicted octanol–water partition coefficient (Wildman–Crippen LogP) is 2.44. The van der Waals surface area contributed by atoms with E-state index in [1.807, 2.05) is 32.0 Å². The standard InChI is InChI=1S/C17H19NO3/c1-8-3-4-9(2)12(5-8)18-16(19)14-10-6-11-13(7-10)21-17(20)15(11)14/h3-5,10-11,13-15H,6-7H2,1-2H3,(H,18,19)/t10-,11-,13-,14-,15+/m1/s1. The Balaban J connectivity index is 1.58. The molecule has 1 heterocycles. The van der Waals surface area contributed by atoms with Crippen molar-refractivity contribution in [3.8, 4) is 0 Å². The van der Waals surface area contributed by atoms with Gasteiger partial charge in [-0.25, -0.2) is 0 Å². The summed E-state index contributed by atoms with van der Waals surface area (Å²) in [6, 6.07) is 6.02. The minimum atomic E-state index is -0.209. The van der Waals surface area contributed by atoms with Crippen molar-refractivity contribution >= 4 is 17.6 Å². The van der Waals surface area contributed by atoms with Crippen molar-refractivity contribution in [3.05, 3.63) is 29.3 Å². The summed E-state index contributed by atoms with van der Waals surface area (Å²) in [7, 11) is 0. The molecule has 2 bridgehead atoms. The fourth-order valence-corrected chi connectivity index (χ4v) is 4.45. The highest BCUT2D eigenvalue weighted by Crippen LogP contribution is 2.57. The molecule has 1 aromatic carbocycles. The van der Waals surface area contributed by atoms with E-state index in [1.54, 1.807) is 0 Å². The molecule has 21 heavy (non-hydrogen) atoms. The van der Waals surface area contributed by atoms with Crippen LogP contribution in [0, 0.1) is 37.5 Å². The molecule has 4 rings (SSSR count). The van der Waals surface area contributed by atoms with E-state index < -0.39 is 0 Å². The summed E-state index contributed by atoms with van der Waals surface area (Å²) in [6.45, 7) is 3.99. The second-order valence-electron chi connectivity index (χ2n) is 6.73. The van der Waals surface area contributed by atoms with Gasteiger partial charge in [-0.1, -0.05) is 12.1 Å². The lowest BCUT2D eigenvalue weighted by atomic mass is 9.79. The number of carbonyl (C=O) groups excluding carboxylic acids is 2. The van der Waals surface area contributed by atoms with Gasteiger partial charge in [-0.3, -0.25) is 9.59 Å². The first kappa shape index (κ1) is 12.9. The highest BCUT2D eigenvalue weighted by Gasteiger charge is 2.63. The van der Waals surface area contributed by atoms with Gasteiger partial charge in [-0.2, -0.15) is 0 Å². The van der Waals surface area contributed by atoms with Crippen LogP contribution >= 0.6 is 0 Å². The van der Waals surface area contributed by atoms with Gasteiger partial charge in [0.1, 0.15) is 6.10 Å². The minimum Gasteiger partial charge on any atom is -0.462 e. The molecule has 110 valence electrons. The quantitative estimate of drug-likeness (QED) is 0.849. The Morgan fingerprint density at radius 2 is 2.10 bits per heavy atom. The molecule has 1 aromatic rings. The third kappa shape index (κ3) is 1.81. The van der Waals surface area contributed by atoms with E-state index in [-0.39, 0.29) is 35.7 Å². The van der Waals surface area contributed by atoms with E-state index in [0.717, 1.165) is 29.7 Å². The molecule has 4 nitrogen and oxygen atoms in total. The van der Waals surface area contributed by atoms with Gasteiger partial charge in [-0.15, -0.1) is 0 Å². The normalized spacial score (nSPS) is 35.9. The molecule has 4 heteroatoms. The van der Waals surface area contributed by atoms with Crippen LogP contribution in [0.5, 0.6) is 0 Å². The number of esters is 1. The zero-order valence-electron chi connectivity index (χ0n) is 12.3. The summed E-state index contributed by atoms with van der Waals surface area (Å²) in [6.07, 6.45) is 1.90. The molecule has 1 amide bonds. The average molecular weight is 285 g/mol. The van der Waals surface area contributed by atoms with Crippen molar-refractivity contribution in [3.63, 3.8) is 0 Å². The van der Waals surface area contributed by atoms with Crippen LogP contribution < -0.4 is 5.32 Å². The summed E-state index contributed by atoms with van der Waals surface area (Å²) < 4.78 is 5.39. The van der Waals surface area contributed by atoms with Gasteiger partial charge in [0, 0.05) is 11.6 Å². The highest BCUT2D eigenvalue weighted by atomic mass is 16.6. The molecule has 2 aliphatic carbocycles. The van der Waals surface area contributed by atoms with E-state index in [4.69, 9.17) is 4.74 Å². The van der Waals surface area contributed by atoms with Crippen LogP contribution in [0.2, 0.25) is 0 Å². The average Bonchev–Trinajstić information content (AvgIpc) is 3.03. The maximum Gasteiger partial charge on any atom is 0.310 e. The lowest BCUT2D eigenvalue weighted by molar-refractivity contribution is -0.145. The van der Waals surface area contributed by atoms with Crippen LogP contribution in [-0.4, -0.2) is 18.0 Å². The molecule has 3 fully saturated rings. The second-order valence-corrected chi connectivity index (χ2v) is 6.73. The molecule has 1 N–H and O–H groups in total. The first-order valence-electron chi connectivity index (χ1n) is 7.63. The van der Waals surface area contributed by atoms with Crippen LogP contribution in [0.25, 0.3) is 0 Å². The zero-order valence-corrected chi connectivity index (χ0v) is 12.3. The van der Waals surface area contributed by atoms with Crippen molar-refractivity contribution < 1.29 is 14.3 Å². The molecule has 3 aliphatic rings. The highest BCUT2D eigenvalue weighted by molar-refractivity contribution is 5.97. The van der Waals surface area contributed by atoms with Gasteiger partial charge in [0.2, 0.25) is 5.91 Å². The monoisotopic (exact) mass is 285 g/mol. The van der Waals surface area contributed by atoms with Crippen molar-refractivity contribution in [1.29, 1.82) is 0 Å². The number of hydrogen-bond donors (Lipinski definition) is 1. The third-order valence-corrected chi connectivity index (χ3v) is 5.44. The fourth-order valence-electron chi connectivity index (χ4n) is 4.45. The Labute approximate surface area is 123 Å². The molecule has 1 aliphatic heterocycles. The Morgan fingerprint density at radius 1 is 1.29 bits per heavy atom. The number of fused-ring (bicyclic) bond motifs is 1. The van der Waals surface area contributed by atoms with Crippen LogP contribution in [-0.2, 0) is 14.3 Å². The van der Waals surface area contributed by atoms with Crippen molar-refractivity contribution in [1.82, 2.24) is 0 Å². The molecule has 0 spiro atoms. The summed E-state index contributed by atoms with van der Waals surface area (Å²) in [4.78, 5) is 24.7. The second kappa shape index (κ2) is 4.33. The van der Waals surface area contributed by atoms with Crippen LogP contribution in [0.1, 0.15) is 24.0 Å². The predicted molar refractivity (Wildman–Crippen MR) is 77.6 cm³/mol. The molecular formula is C17H19NO3. The van der Waals surface area contributed by atoms with Gasteiger partial charge in [0.05, 0.1) is 11.8 Å². The topological polar surface area (TPSA) is 55.4 Å². The molecule has 0 aromatic heterocycles. The van der Waals surface area contributed by atoms with Gasteiger partial charge in [0.25, 0.3) is 0 Å². The lowest BCUT2D eigenvalue weighted by Gasteiger charge is -2.24. The largest absolute Gasteiger partial charge is 0.462 e. The Hall–Kier alpha value is -1.84. The van der Waals surface area contributed by atoms with E-state index >= 15 is 0 Å². The number of ether oxygens (including phenoxy) is 1. The van der Waals surface area contributed by atoms with Crippen LogP contribution in [0.4, 0.5) is 5.69 Å². The number of carbonyl (C=O) groups is 2. The number of amides is 1. The molecular weight excluding hydrogens is 266 g/mol. The van der Waals surface area contributed by atoms with E-state index in [1.165, 1.54) is 0 Å². The van der Waals surface area contributed by atoms with Crippen LogP contribution in [0.15, 0.2) is 18.2 Å². The number of rotatable bonds is 2. The summed E-state index contributed by atoms with van der Waals surface area (Å²) in [5, 5.41) is 3.03. The van der Waals surface area contributed by atoms with Gasteiger partial charge >= 0.3 is 5.97 Å². The smallest absolute Gasteiger partial charge is 0.310 e. The number of benzene rings is 1. The van der Waals surface area contributed by atoms with Gasteiger partial charge in [-0.05, 0) is 49.8 Å². The van der Waals surface area contributed by atoms with Gasteiger partial charge < -0.3 is 10.1 Å². The minimum absolute atomic E-state index is 0.0153. The Bertz CT molecular complexity index is 637. The van der Waals surface area contributed by atoms with Crippen molar-refractivity contribution in [2.24, 2.45) is 23.7 Å². The maximum absolute atomic E-state index is 12.7. The van der Waals surface area contributed by atoms with E-state index in [9.17, 15) is 9.59 Å². The molecule has 0 radical (unpaired) electrons. The zero-order chi connectivity index (χ0) is 14.7. The number of aryl methyl sites for hydroxylation is 2. The van der Waals surface area contributed by atoms with Crippen molar-refractivity contribution in [2.75, 3.05) is 5.32 Å². The van der Waals surface area contributed by atoms with Crippen LogP contribution in [0.3, 0.4) is 0 Å². The number of anilines is 1. The molecule has 2 saturated carbocycles. The summed E-state index contributed by atoms with van der Waals surface area (Å²) in [5.74, 6) is -0.0111. The Morgan fingerprint density at radius 3 is 2.90 bits per heavy atom.